The van der Waals surface area contributed by atoms with E-state index in [1.807, 2.05) is 60.7 Å². The first kappa shape index (κ1) is 24.6. The third kappa shape index (κ3) is 5.54. The Morgan fingerprint density at radius 3 is 2.68 bits per heavy atom. The quantitative estimate of drug-likeness (QED) is 0.292. The number of halogens is 1. The summed E-state index contributed by atoms with van der Waals surface area (Å²) in [5.74, 6) is -0.137. The molecule has 1 aromatic heterocycles. The van der Waals surface area contributed by atoms with E-state index in [9.17, 15) is 9.59 Å². The highest BCUT2D eigenvalue weighted by Gasteiger charge is 2.25. The molecular formula is C28H28ClN5O3. The zero-order valence-electron chi connectivity index (χ0n) is 20.5. The number of H-pyrrole nitrogens is 1. The normalized spacial score (nSPS) is 13.9. The second-order valence-corrected chi connectivity index (χ2v) is 9.36. The summed E-state index contributed by atoms with van der Waals surface area (Å²) < 4.78 is 5.07. The predicted molar refractivity (Wildman–Crippen MR) is 145 cm³/mol. The number of aromatic nitrogens is 2. The van der Waals surface area contributed by atoms with Crippen molar-refractivity contribution in [1.29, 1.82) is 0 Å². The Kier molecular flexibility index (Phi) is 7.28. The van der Waals surface area contributed by atoms with Crippen molar-refractivity contribution < 1.29 is 14.3 Å². The van der Waals surface area contributed by atoms with Crippen LogP contribution in [0.1, 0.15) is 30.1 Å². The number of carbonyl (C=O) groups is 2. The Labute approximate surface area is 220 Å². The minimum atomic E-state index is -0.294. The van der Waals surface area contributed by atoms with Gasteiger partial charge in [0, 0.05) is 41.3 Å². The van der Waals surface area contributed by atoms with Gasteiger partial charge in [-0.2, -0.15) is 5.10 Å². The number of para-hydroxylation sites is 1. The van der Waals surface area contributed by atoms with Gasteiger partial charge in [0.25, 0.3) is 5.91 Å². The van der Waals surface area contributed by atoms with Gasteiger partial charge in [0.05, 0.1) is 28.5 Å². The molecular weight excluding hydrogens is 490 g/mol. The number of carbonyl (C=O) groups excluding carboxylic acids is 2. The highest BCUT2D eigenvalue weighted by atomic mass is 35.5. The number of benzene rings is 3. The fourth-order valence-corrected chi connectivity index (χ4v) is 4.72. The van der Waals surface area contributed by atoms with Crippen LogP contribution in [0.2, 0.25) is 5.02 Å². The number of aromatic amines is 1. The molecule has 1 aliphatic rings. The third-order valence-corrected chi connectivity index (χ3v) is 6.80. The average molecular weight is 518 g/mol. The van der Waals surface area contributed by atoms with Gasteiger partial charge in [-0.15, -0.1) is 0 Å². The molecule has 1 aliphatic heterocycles. The van der Waals surface area contributed by atoms with Crippen LogP contribution >= 0.6 is 11.6 Å². The molecule has 4 aromatic rings. The van der Waals surface area contributed by atoms with E-state index in [1.165, 1.54) is 0 Å². The predicted octanol–water partition coefficient (Wildman–Crippen LogP) is 5.98. The third-order valence-electron chi connectivity index (χ3n) is 6.47. The summed E-state index contributed by atoms with van der Waals surface area (Å²) in [6.07, 6.45) is 1.09. The van der Waals surface area contributed by atoms with Crippen LogP contribution in [-0.2, 0) is 4.74 Å². The van der Waals surface area contributed by atoms with E-state index in [1.54, 1.807) is 17.9 Å². The van der Waals surface area contributed by atoms with Crippen molar-refractivity contribution in [3.8, 4) is 11.3 Å². The lowest BCUT2D eigenvalue weighted by Gasteiger charge is -2.31. The standard InChI is InChI=1S/C28H28ClN5O3/c1-2-37-28(36)34-14-12-20(13-15-34)31-27(35)19-7-5-6-18(16-19)26-22-11-10-21(17-25(22)32-33-26)30-24-9-4-3-8-23(24)29/h3-11,16-17,20,30H,2,12-15H2,1H3,(H,31,35)(H,32,33). The molecule has 3 N–H and O–H groups in total. The van der Waals surface area contributed by atoms with Gasteiger partial charge in [-0.05, 0) is 62.2 Å². The van der Waals surface area contributed by atoms with Crippen LogP contribution < -0.4 is 10.6 Å². The fraction of sp³-hybridized carbons (Fsp3) is 0.250. The molecule has 0 radical (unpaired) electrons. The maximum atomic E-state index is 13.0. The minimum Gasteiger partial charge on any atom is -0.450 e. The van der Waals surface area contributed by atoms with Crippen molar-refractivity contribution in [3.63, 3.8) is 0 Å². The van der Waals surface area contributed by atoms with Crippen LogP contribution in [0.15, 0.2) is 66.7 Å². The Morgan fingerprint density at radius 1 is 1.08 bits per heavy atom. The molecule has 190 valence electrons. The van der Waals surface area contributed by atoms with Crippen LogP contribution in [0, 0.1) is 0 Å². The first-order chi connectivity index (χ1) is 18.0. The topological polar surface area (TPSA) is 99.3 Å². The molecule has 8 nitrogen and oxygen atoms in total. The summed E-state index contributed by atoms with van der Waals surface area (Å²) in [5, 5.41) is 15.7. The van der Waals surface area contributed by atoms with Crippen molar-refractivity contribution >= 4 is 45.9 Å². The first-order valence-corrected chi connectivity index (χ1v) is 12.7. The SMILES string of the molecule is CCOC(=O)N1CCC(NC(=O)c2cccc(-c3n[nH]c4cc(Nc5ccccc5Cl)ccc34)c2)CC1. The van der Waals surface area contributed by atoms with Crippen molar-refractivity contribution in [1.82, 2.24) is 20.4 Å². The van der Waals surface area contributed by atoms with Crippen LogP contribution in [0.25, 0.3) is 22.2 Å². The molecule has 9 heteroatoms. The van der Waals surface area contributed by atoms with Crippen molar-refractivity contribution in [2.75, 3.05) is 25.0 Å². The molecule has 5 rings (SSSR count). The zero-order valence-corrected chi connectivity index (χ0v) is 21.2. The second-order valence-electron chi connectivity index (χ2n) is 8.95. The molecule has 0 spiro atoms. The lowest BCUT2D eigenvalue weighted by molar-refractivity contribution is 0.0860. The number of likely N-dealkylation sites (tertiary alicyclic amines) is 1. The highest BCUT2D eigenvalue weighted by molar-refractivity contribution is 6.33. The number of rotatable bonds is 6. The van der Waals surface area contributed by atoms with Gasteiger partial charge in [0.2, 0.25) is 0 Å². The molecule has 2 amide bonds. The Hall–Kier alpha value is -4.04. The lowest BCUT2D eigenvalue weighted by Crippen LogP contribution is -2.46. The average Bonchev–Trinajstić information content (AvgIpc) is 3.34. The Balaban J connectivity index is 1.27. The number of ether oxygens (including phenoxy) is 1. The van der Waals surface area contributed by atoms with Gasteiger partial charge < -0.3 is 20.3 Å². The van der Waals surface area contributed by atoms with E-state index in [2.05, 4.69) is 20.8 Å². The number of hydrogen-bond donors (Lipinski definition) is 3. The monoisotopic (exact) mass is 517 g/mol. The molecule has 0 bridgehead atoms. The molecule has 37 heavy (non-hydrogen) atoms. The first-order valence-electron chi connectivity index (χ1n) is 12.3. The Bertz CT molecular complexity index is 1430. The molecule has 0 unspecified atom stereocenters. The highest BCUT2D eigenvalue weighted by Crippen LogP contribution is 2.31. The van der Waals surface area contributed by atoms with Crippen LogP contribution in [0.3, 0.4) is 0 Å². The molecule has 1 fully saturated rings. The largest absolute Gasteiger partial charge is 0.450 e. The number of amides is 2. The van der Waals surface area contributed by atoms with Crippen molar-refractivity contribution in [2.24, 2.45) is 0 Å². The number of anilines is 2. The number of fused-ring (bicyclic) bond motifs is 1. The molecule has 0 saturated carbocycles. The van der Waals surface area contributed by atoms with Crippen molar-refractivity contribution in [2.45, 2.75) is 25.8 Å². The van der Waals surface area contributed by atoms with Crippen LogP contribution in [0.4, 0.5) is 16.2 Å². The van der Waals surface area contributed by atoms with Gasteiger partial charge in [-0.25, -0.2) is 4.79 Å². The lowest BCUT2D eigenvalue weighted by atomic mass is 10.0. The van der Waals surface area contributed by atoms with E-state index in [4.69, 9.17) is 16.3 Å². The summed E-state index contributed by atoms with van der Waals surface area (Å²) >= 11 is 6.27. The van der Waals surface area contributed by atoms with E-state index in [0.717, 1.165) is 33.5 Å². The summed E-state index contributed by atoms with van der Waals surface area (Å²) in [7, 11) is 0. The maximum Gasteiger partial charge on any atom is 0.409 e. The number of nitrogens with zero attached hydrogens (tertiary/aromatic N) is 2. The van der Waals surface area contributed by atoms with Crippen molar-refractivity contribution in [3.05, 3.63) is 77.3 Å². The van der Waals surface area contributed by atoms with Crippen LogP contribution in [0.5, 0.6) is 0 Å². The van der Waals surface area contributed by atoms with E-state index in [0.29, 0.717) is 43.1 Å². The molecule has 3 aromatic carbocycles. The van der Waals surface area contributed by atoms with Gasteiger partial charge in [0.15, 0.2) is 0 Å². The zero-order chi connectivity index (χ0) is 25.8. The number of piperidine rings is 1. The van der Waals surface area contributed by atoms with Crippen LogP contribution in [-0.4, -0.2) is 52.8 Å². The van der Waals surface area contributed by atoms with Gasteiger partial charge in [-0.1, -0.05) is 35.9 Å². The summed E-state index contributed by atoms with van der Waals surface area (Å²) in [6.45, 7) is 3.28. The summed E-state index contributed by atoms with van der Waals surface area (Å²) in [5.41, 5.74) is 4.78. The minimum absolute atomic E-state index is 0.0112. The Morgan fingerprint density at radius 2 is 1.89 bits per heavy atom. The fourth-order valence-electron chi connectivity index (χ4n) is 4.53. The van der Waals surface area contributed by atoms with E-state index < -0.39 is 0 Å². The summed E-state index contributed by atoms with van der Waals surface area (Å²) in [4.78, 5) is 26.6. The molecule has 1 saturated heterocycles. The maximum absolute atomic E-state index is 13.0. The molecule has 0 atom stereocenters. The second kappa shape index (κ2) is 10.9. The van der Waals surface area contributed by atoms with Gasteiger partial charge in [0.1, 0.15) is 0 Å². The molecule has 2 heterocycles. The molecule has 0 aliphatic carbocycles. The van der Waals surface area contributed by atoms with E-state index in [-0.39, 0.29) is 18.0 Å². The van der Waals surface area contributed by atoms with E-state index >= 15 is 0 Å². The number of nitrogens with one attached hydrogen (secondary N) is 3. The van der Waals surface area contributed by atoms with Gasteiger partial charge in [-0.3, -0.25) is 9.89 Å². The van der Waals surface area contributed by atoms with Gasteiger partial charge >= 0.3 is 6.09 Å². The number of hydrogen-bond acceptors (Lipinski definition) is 5. The summed E-state index contributed by atoms with van der Waals surface area (Å²) in [6, 6.07) is 21.0. The smallest absolute Gasteiger partial charge is 0.409 e.